The second-order valence-electron chi connectivity index (χ2n) is 5.95. The van der Waals surface area contributed by atoms with Crippen molar-refractivity contribution in [3.63, 3.8) is 0 Å². The number of nitrogens with one attached hydrogen (secondary N) is 1. The number of nitrogens with zero attached hydrogens (tertiary/aromatic N) is 1. The smallest absolute Gasteiger partial charge is 0.140 e. The quantitative estimate of drug-likeness (QED) is 0.686. The summed E-state index contributed by atoms with van der Waals surface area (Å²) in [6.45, 7) is 4.16. The molecule has 1 saturated heterocycles. The first-order chi connectivity index (χ1) is 10.2. The van der Waals surface area contributed by atoms with Crippen LogP contribution < -0.4 is 0 Å². The van der Waals surface area contributed by atoms with E-state index in [0.29, 0.717) is 6.61 Å². The van der Waals surface area contributed by atoms with Gasteiger partial charge in [0.15, 0.2) is 0 Å². The summed E-state index contributed by atoms with van der Waals surface area (Å²) in [5.74, 6) is 0.915. The third kappa shape index (κ3) is 3.05. The molecule has 1 fully saturated rings. The summed E-state index contributed by atoms with van der Waals surface area (Å²) in [6.07, 6.45) is 7.55. The van der Waals surface area contributed by atoms with Gasteiger partial charge in [-0.1, -0.05) is 18.6 Å². The first-order valence-corrected chi connectivity index (χ1v) is 8.50. The molecule has 0 aromatic carbocycles. The molecule has 2 aliphatic rings. The molecule has 1 aromatic rings. The number of aryl methyl sites for hydroxylation is 1. The molecule has 0 unspecified atom stereocenters. The molecular formula is C16H24N2O2S. The van der Waals surface area contributed by atoms with Crippen molar-refractivity contribution in [3.8, 4) is 0 Å². The van der Waals surface area contributed by atoms with Crippen LogP contribution in [0.15, 0.2) is 0 Å². The number of aromatic amines is 1. The van der Waals surface area contributed by atoms with Crippen LogP contribution in [0.25, 0.3) is 0 Å². The monoisotopic (exact) mass is 308 g/mol. The third-order valence-corrected chi connectivity index (χ3v) is 4.95. The van der Waals surface area contributed by atoms with Gasteiger partial charge in [-0.15, -0.1) is 0 Å². The molecule has 0 spiro atoms. The third-order valence-electron chi connectivity index (χ3n) is 4.61. The molecule has 3 rings (SSSR count). The number of hydrogen-bond donors (Lipinski definition) is 1. The standard InChI is InChI=1S/C16H24N2O2S/c1-2-20-16(8-10-19-11-9-16)15-17-13-7-5-3-4-6-12(13)14(21)18-15/h2-11H2,1H3,(H,17,18,21). The maximum absolute atomic E-state index is 6.11. The summed E-state index contributed by atoms with van der Waals surface area (Å²) < 4.78 is 12.4. The molecule has 5 heteroatoms. The Morgan fingerprint density at radius 1 is 1.24 bits per heavy atom. The summed E-state index contributed by atoms with van der Waals surface area (Å²) in [4.78, 5) is 8.30. The predicted octanol–water partition coefficient (Wildman–Crippen LogP) is 3.45. The lowest BCUT2D eigenvalue weighted by Gasteiger charge is -2.36. The van der Waals surface area contributed by atoms with Gasteiger partial charge in [-0.2, -0.15) is 0 Å². The van der Waals surface area contributed by atoms with Gasteiger partial charge in [-0.05, 0) is 32.6 Å². The van der Waals surface area contributed by atoms with Gasteiger partial charge in [0.2, 0.25) is 0 Å². The lowest BCUT2D eigenvalue weighted by molar-refractivity contribution is -0.118. The Morgan fingerprint density at radius 3 is 2.76 bits per heavy atom. The maximum atomic E-state index is 6.11. The lowest BCUT2D eigenvalue weighted by Crippen LogP contribution is -2.38. The molecule has 0 saturated carbocycles. The molecule has 0 atom stereocenters. The van der Waals surface area contributed by atoms with Crippen LogP contribution in [-0.4, -0.2) is 29.8 Å². The van der Waals surface area contributed by atoms with E-state index >= 15 is 0 Å². The van der Waals surface area contributed by atoms with Gasteiger partial charge in [0.05, 0.1) is 0 Å². The zero-order chi connectivity index (χ0) is 14.7. The van der Waals surface area contributed by atoms with Crippen LogP contribution in [0, 0.1) is 4.64 Å². The molecule has 116 valence electrons. The SMILES string of the molecule is CCOC1(c2nc(=S)c3c([nH]2)CCCCC3)CCOCC1. The fraction of sp³-hybridized carbons (Fsp3) is 0.750. The van der Waals surface area contributed by atoms with Gasteiger partial charge >= 0.3 is 0 Å². The molecular weight excluding hydrogens is 284 g/mol. The molecule has 0 radical (unpaired) electrons. The van der Waals surface area contributed by atoms with Gasteiger partial charge in [0.1, 0.15) is 16.1 Å². The fourth-order valence-electron chi connectivity index (χ4n) is 3.44. The van der Waals surface area contributed by atoms with Gasteiger partial charge in [-0.3, -0.25) is 0 Å². The van der Waals surface area contributed by atoms with Crippen LogP contribution in [0.2, 0.25) is 0 Å². The van der Waals surface area contributed by atoms with Crippen LogP contribution in [0.3, 0.4) is 0 Å². The van der Waals surface area contributed by atoms with Crippen LogP contribution >= 0.6 is 12.2 Å². The average molecular weight is 308 g/mol. The van der Waals surface area contributed by atoms with Crippen molar-refractivity contribution >= 4 is 12.2 Å². The zero-order valence-electron chi connectivity index (χ0n) is 12.7. The van der Waals surface area contributed by atoms with E-state index in [2.05, 4.69) is 4.98 Å². The van der Waals surface area contributed by atoms with E-state index < -0.39 is 0 Å². The minimum Gasteiger partial charge on any atom is -0.381 e. The van der Waals surface area contributed by atoms with Gasteiger partial charge in [0.25, 0.3) is 0 Å². The van der Waals surface area contributed by atoms with Gasteiger partial charge in [0, 0.05) is 43.9 Å². The summed E-state index contributed by atoms with van der Waals surface area (Å²) in [7, 11) is 0. The molecule has 2 heterocycles. The number of rotatable bonds is 3. The summed E-state index contributed by atoms with van der Waals surface area (Å²) in [5, 5.41) is 0. The van der Waals surface area contributed by atoms with E-state index in [1.54, 1.807) is 0 Å². The topological polar surface area (TPSA) is 47.1 Å². The number of aromatic nitrogens is 2. The van der Waals surface area contributed by atoms with E-state index in [1.807, 2.05) is 6.92 Å². The number of ether oxygens (including phenoxy) is 2. The molecule has 1 aliphatic carbocycles. The van der Waals surface area contributed by atoms with E-state index in [-0.39, 0.29) is 5.60 Å². The summed E-state index contributed by atoms with van der Waals surface area (Å²) in [5.41, 5.74) is 2.19. The predicted molar refractivity (Wildman–Crippen MR) is 84.0 cm³/mol. The van der Waals surface area contributed by atoms with E-state index in [9.17, 15) is 0 Å². The molecule has 1 aromatic heterocycles. The van der Waals surface area contributed by atoms with Crippen LogP contribution in [0.4, 0.5) is 0 Å². The normalized spacial score (nSPS) is 21.6. The van der Waals surface area contributed by atoms with Crippen LogP contribution in [-0.2, 0) is 27.9 Å². The van der Waals surface area contributed by atoms with E-state index in [4.69, 9.17) is 26.7 Å². The highest BCUT2D eigenvalue weighted by Crippen LogP contribution is 2.35. The highest BCUT2D eigenvalue weighted by Gasteiger charge is 2.38. The van der Waals surface area contributed by atoms with Crippen LogP contribution in [0.5, 0.6) is 0 Å². The van der Waals surface area contributed by atoms with Crippen molar-refractivity contribution in [3.05, 3.63) is 21.7 Å². The minimum atomic E-state index is -0.345. The Bertz CT molecular complexity index is 544. The van der Waals surface area contributed by atoms with Gasteiger partial charge in [-0.25, -0.2) is 4.98 Å². The first kappa shape index (κ1) is 15.1. The van der Waals surface area contributed by atoms with Crippen molar-refractivity contribution < 1.29 is 9.47 Å². The molecule has 1 aliphatic heterocycles. The highest BCUT2D eigenvalue weighted by molar-refractivity contribution is 7.71. The second kappa shape index (κ2) is 6.55. The van der Waals surface area contributed by atoms with Crippen molar-refractivity contribution in [2.45, 2.75) is 57.5 Å². The Morgan fingerprint density at radius 2 is 2.00 bits per heavy atom. The molecule has 1 N–H and O–H groups in total. The summed E-state index contributed by atoms with van der Waals surface area (Å²) >= 11 is 5.57. The Balaban J connectivity index is 2.02. The van der Waals surface area contributed by atoms with E-state index in [0.717, 1.165) is 49.4 Å². The van der Waals surface area contributed by atoms with Crippen molar-refractivity contribution in [1.82, 2.24) is 9.97 Å². The van der Waals surface area contributed by atoms with Crippen molar-refractivity contribution in [2.24, 2.45) is 0 Å². The average Bonchev–Trinajstić information content (AvgIpc) is 2.74. The van der Waals surface area contributed by atoms with E-state index in [1.165, 1.54) is 30.5 Å². The lowest BCUT2D eigenvalue weighted by atomic mass is 9.92. The zero-order valence-corrected chi connectivity index (χ0v) is 13.6. The Kier molecular flexibility index (Phi) is 4.72. The number of hydrogen-bond acceptors (Lipinski definition) is 4. The Hall–Kier alpha value is -0.780. The molecule has 0 bridgehead atoms. The first-order valence-electron chi connectivity index (χ1n) is 8.09. The van der Waals surface area contributed by atoms with Crippen molar-refractivity contribution in [2.75, 3.05) is 19.8 Å². The highest BCUT2D eigenvalue weighted by atomic mass is 32.1. The molecule has 4 nitrogen and oxygen atoms in total. The number of fused-ring (bicyclic) bond motifs is 1. The summed E-state index contributed by atoms with van der Waals surface area (Å²) in [6, 6.07) is 0. The Labute approximate surface area is 131 Å². The number of H-pyrrole nitrogens is 1. The molecule has 21 heavy (non-hydrogen) atoms. The van der Waals surface area contributed by atoms with Crippen molar-refractivity contribution in [1.29, 1.82) is 0 Å². The largest absolute Gasteiger partial charge is 0.381 e. The van der Waals surface area contributed by atoms with Gasteiger partial charge < -0.3 is 14.5 Å². The van der Waals surface area contributed by atoms with Crippen LogP contribution in [0.1, 0.15) is 56.1 Å². The minimum absolute atomic E-state index is 0.345. The fourth-order valence-corrected chi connectivity index (χ4v) is 3.76. The second-order valence-corrected chi connectivity index (χ2v) is 6.33. The maximum Gasteiger partial charge on any atom is 0.140 e. The molecule has 0 amide bonds.